The van der Waals surface area contributed by atoms with E-state index in [1.807, 2.05) is 55.5 Å². The summed E-state index contributed by atoms with van der Waals surface area (Å²) in [6.07, 6.45) is 1.76. The van der Waals surface area contributed by atoms with Gasteiger partial charge in [-0.25, -0.2) is 0 Å². The van der Waals surface area contributed by atoms with Crippen LogP contribution in [0.15, 0.2) is 58.1 Å². The third-order valence-electron chi connectivity index (χ3n) is 3.17. The van der Waals surface area contributed by atoms with E-state index in [9.17, 15) is 0 Å². The number of aryl methyl sites for hydroxylation is 1. The monoisotopic (exact) mass is 373 g/mol. The molecule has 0 spiro atoms. The van der Waals surface area contributed by atoms with Gasteiger partial charge in [-0.15, -0.1) is 0 Å². The normalized spacial score (nSPS) is 11.2. The summed E-state index contributed by atoms with van der Waals surface area (Å²) >= 11 is 9.36. The van der Waals surface area contributed by atoms with Crippen LogP contribution in [0, 0.1) is 6.92 Å². The third-order valence-corrected chi connectivity index (χ3v) is 3.91. The number of hydrogen-bond donors (Lipinski definition) is 1. The van der Waals surface area contributed by atoms with Gasteiger partial charge in [0.2, 0.25) is 0 Å². The van der Waals surface area contributed by atoms with Crippen LogP contribution in [-0.4, -0.2) is 11.2 Å². The molecular formula is C17H13BrClN3. The summed E-state index contributed by atoms with van der Waals surface area (Å²) in [6, 6.07) is 15.5. The summed E-state index contributed by atoms with van der Waals surface area (Å²) in [5, 5.41) is 6.04. The van der Waals surface area contributed by atoms with Gasteiger partial charge in [0.15, 0.2) is 0 Å². The topological polar surface area (TPSA) is 37.3 Å². The highest BCUT2D eigenvalue weighted by atomic mass is 79.9. The van der Waals surface area contributed by atoms with Gasteiger partial charge in [0.1, 0.15) is 0 Å². The van der Waals surface area contributed by atoms with E-state index in [1.165, 1.54) is 0 Å². The molecule has 1 heterocycles. The summed E-state index contributed by atoms with van der Waals surface area (Å²) in [5.41, 5.74) is 6.88. The quantitative estimate of drug-likeness (QED) is 0.492. The zero-order chi connectivity index (χ0) is 15.5. The van der Waals surface area contributed by atoms with Crippen molar-refractivity contribution >= 4 is 50.3 Å². The lowest BCUT2D eigenvalue weighted by molar-refractivity contribution is 1.24. The number of hydrogen-bond acceptors (Lipinski definition) is 3. The molecule has 1 N–H and O–H groups in total. The van der Waals surface area contributed by atoms with Crippen LogP contribution in [0.25, 0.3) is 10.9 Å². The average Bonchev–Trinajstić information content (AvgIpc) is 2.50. The van der Waals surface area contributed by atoms with Gasteiger partial charge in [0.05, 0.1) is 17.4 Å². The zero-order valence-electron chi connectivity index (χ0n) is 11.8. The van der Waals surface area contributed by atoms with Crippen LogP contribution in [-0.2, 0) is 0 Å². The van der Waals surface area contributed by atoms with E-state index in [1.54, 1.807) is 6.21 Å². The van der Waals surface area contributed by atoms with Crippen LogP contribution in [0.2, 0.25) is 5.02 Å². The minimum atomic E-state index is 0.714. The zero-order valence-corrected chi connectivity index (χ0v) is 14.2. The van der Waals surface area contributed by atoms with E-state index in [-0.39, 0.29) is 0 Å². The smallest absolute Gasteiger partial charge is 0.0727 e. The van der Waals surface area contributed by atoms with Gasteiger partial charge in [0, 0.05) is 20.6 Å². The molecule has 0 saturated carbocycles. The van der Waals surface area contributed by atoms with Crippen molar-refractivity contribution in [3.8, 4) is 0 Å². The van der Waals surface area contributed by atoms with Crippen molar-refractivity contribution in [3.05, 3.63) is 69.3 Å². The second kappa shape index (κ2) is 6.46. The van der Waals surface area contributed by atoms with Crippen LogP contribution in [0.5, 0.6) is 0 Å². The number of nitrogens with zero attached hydrogens (tertiary/aromatic N) is 2. The molecule has 110 valence electrons. The number of hydrazone groups is 1. The summed E-state index contributed by atoms with van der Waals surface area (Å²) in [7, 11) is 0. The molecule has 0 saturated heterocycles. The maximum atomic E-state index is 5.87. The average molecular weight is 375 g/mol. The van der Waals surface area contributed by atoms with E-state index >= 15 is 0 Å². The Labute approximate surface area is 142 Å². The molecule has 0 amide bonds. The van der Waals surface area contributed by atoms with Crippen molar-refractivity contribution in [3.63, 3.8) is 0 Å². The van der Waals surface area contributed by atoms with Crippen molar-refractivity contribution in [1.29, 1.82) is 0 Å². The second-order valence-electron chi connectivity index (χ2n) is 4.89. The number of fused-ring (bicyclic) bond motifs is 1. The molecule has 22 heavy (non-hydrogen) atoms. The number of pyridine rings is 1. The molecule has 3 nitrogen and oxygen atoms in total. The molecule has 3 aromatic rings. The summed E-state index contributed by atoms with van der Waals surface area (Å²) in [5.74, 6) is 0. The first-order valence-electron chi connectivity index (χ1n) is 6.73. The maximum absolute atomic E-state index is 5.87. The van der Waals surface area contributed by atoms with Crippen molar-refractivity contribution in [1.82, 2.24) is 4.98 Å². The molecule has 0 aliphatic rings. The molecule has 1 aromatic heterocycles. The first-order chi connectivity index (χ1) is 10.6. The molecule has 3 rings (SSSR count). The van der Waals surface area contributed by atoms with Crippen molar-refractivity contribution < 1.29 is 0 Å². The molecule has 0 unspecified atom stereocenters. The number of anilines is 1. The SMILES string of the molecule is Cc1cc(N/N=C\c2ccc(Cl)cc2)c2cc(Br)ccc2n1. The van der Waals surface area contributed by atoms with Crippen LogP contribution in [0.3, 0.4) is 0 Å². The van der Waals surface area contributed by atoms with E-state index in [4.69, 9.17) is 11.6 Å². The Morgan fingerprint density at radius 1 is 1.14 bits per heavy atom. The van der Waals surface area contributed by atoms with Crippen molar-refractivity contribution in [2.45, 2.75) is 6.92 Å². The first kappa shape index (κ1) is 15.0. The molecule has 5 heteroatoms. The van der Waals surface area contributed by atoms with Crippen LogP contribution in [0.4, 0.5) is 5.69 Å². The van der Waals surface area contributed by atoms with Gasteiger partial charge >= 0.3 is 0 Å². The Morgan fingerprint density at radius 3 is 2.68 bits per heavy atom. The van der Waals surface area contributed by atoms with E-state index < -0.39 is 0 Å². The van der Waals surface area contributed by atoms with E-state index in [0.717, 1.165) is 32.3 Å². The maximum Gasteiger partial charge on any atom is 0.0727 e. The minimum Gasteiger partial charge on any atom is -0.278 e. The van der Waals surface area contributed by atoms with Gasteiger partial charge in [0.25, 0.3) is 0 Å². The number of halogens is 2. The Hall–Kier alpha value is -1.91. The number of nitrogens with one attached hydrogen (secondary N) is 1. The molecule has 0 bridgehead atoms. The number of rotatable bonds is 3. The fraction of sp³-hybridized carbons (Fsp3) is 0.0588. The predicted octanol–water partition coefficient (Wildman–Crippen LogP) is 5.41. The van der Waals surface area contributed by atoms with Crippen molar-refractivity contribution in [2.75, 3.05) is 5.43 Å². The molecule has 0 radical (unpaired) electrons. The Bertz CT molecular complexity index is 844. The molecule has 0 fully saturated rings. The largest absolute Gasteiger partial charge is 0.278 e. The van der Waals surface area contributed by atoms with Gasteiger partial charge in [-0.1, -0.05) is 39.7 Å². The lowest BCUT2D eigenvalue weighted by Gasteiger charge is -2.07. The van der Waals surface area contributed by atoms with Gasteiger partial charge in [-0.2, -0.15) is 5.10 Å². The molecule has 0 atom stereocenters. The molecular weight excluding hydrogens is 362 g/mol. The highest BCUT2D eigenvalue weighted by Crippen LogP contribution is 2.26. The fourth-order valence-corrected chi connectivity index (χ4v) is 2.64. The van der Waals surface area contributed by atoms with Crippen LogP contribution >= 0.6 is 27.5 Å². The number of aromatic nitrogens is 1. The van der Waals surface area contributed by atoms with Gasteiger partial charge in [-0.05, 0) is 48.9 Å². The molecule has 0 aliphatic carbocycles. The van der Waals surface area contributed by atoms with Gasteiger partial charge in [-0.3, -0.25) is 10.4 Å². The third kappa shape index (κ3) is 3.46. The second-order valence-corrected chi connectivity index (χ2v) is 6.25. The fourth-order valence-electron chi connectivity index (χ4n) is 2.15. The Kier molecular flexibility index (Phi) is 4.41. The highest BCUT2D eigenvalue weighted by molar-refractivity contribution is 9.10. The summed E-state index contributed by atoms with van der Waals surface area (Å²) < 4.78 is 1.01. The molecule has 2 aromatic carbocycles. The van der Waals surface area contributed by atoms with Gasteiger partial charge < -0.3 is 0 Å². The first-order valence-corrected chi connectivity index (χ1v) is 7.90. The lowest BCUT2D eigenvalue weighted by atomic mass is 10.1. The van der Waals surface area contributed by atoms with E-state index in [0.29, 0.717) is 5.02 Å². The van der Waals surface area contributed by atoms with Crippen LogP contribution < -0.4 is 5.43 Å². The lowest BCUT2D eigenvalue weighted by Crippen LogP contribution is -1.94. The predicted molar refractivity (Wildman–Crippen MR) is 96.8 cm³/mol. The Morgan fingerprint density at radius 2 is 1.91 bits per heavy atom. The molecule has 0 aliphatic heterocycles. The summed E-state index contributed by atoms with van der Waals surface area (Å²) in [4.78, 5) is 4.53. The standard InChI is InChI=1S/C17H13BrClN3/c1-11-8-17(15-9-13(18)4-7-16(15)21-11)22-20-10-12-2-5-14(19)6-3-12/h2-10H,1H3,(H,21,22)/b20-10-. The highest BCUT2D eigenvalue weighted by Gasteiger charge is 2.04. The summed E-state index contributed by atoms with van der Waals surface area (Å²) in [6.45, 7) is 1.97. The van der Waals surface area contributed by atoms with Crippen molar-refractivity contribution in [2.24, 2.45) is 5.10 Å². The Balaban J connectivity index is 1.90. The minimum absolute atomic E-state index is 0.714. The van der Waals surface area contributed by atoms with E-state index in [2.05, 4.69) is 31.4 Å². The van der Waals surface area contributed by atoms with Crippen LogP contribution in [0.1, 0.15) is 11.3 Å². The number of benzene rings is 2.